The highest BCUT2D eigenvalue weighted by atomic mass is 16.5. The van der Waals surface area contributed by atoms with Crippen LogP contribution >= 0.6 is 0 Å². The van der Waals surface area contributed by atoms with Crippen molar-refractivity contribution >= 4 is 0 Å². The van der Waals surface area contributed by atoms with E-state index in [1.165, 1.54) is 0 Å². The Morgan fingerprint density at radius 1 is 1.47 bits per heavy atom. The fourth-order valence-electron chi connectivity index (χ4n) is 2.25. The van der Waals surface area contributed by atoms with Gasteiger partial charge in [-0.15, -0.1) is 0 Å². The van der Waals surface area contributed by atoms with Gasteiger partial charge in [0.05, 0.1) is 18.0 Å². The minimum Gasteiger partial charge on any atom is -0.381 e. The van der Waals surface area contributed by atoms with Crippen LogP contribution < -0.4 is 0 Å². The van der Waals surface area contributed by atoms with E-state index in [4.69, 9.17) is 4.74 Å². The molecule has 0 amide bonds. The zero-order valence-corrected chi connectivity index (χ0v) is 8.89. The summed E-state index contributed by atoms with van der Waals surface area (Å²) in [6, 6.07) is 0. The maximum Gasteiger partial charge on any atom is 0.134 e. The third-order valence-corrected chi connectivity index (χ3v) is 3.10. The first-order valence-corrected chi connectivity index (χ1v) is 5.29. The predicted octanol–water partition coefficient (Wildman–Crippen LogP) is 1.25. The third kappa shape index (κ3) is 1.87. The summed E-state index contributed by atoms with van der Waals surface area (Å²) in [5, 5.41) is 10.6. The molecule has 1 aliphatic rings. The van der Waals surface area contributed by atoms with E-state index in [0.717, 1.165) is 19.3 Å². The van der Waals surface area contributed by atoms with Gasteiger partial charge in [0.2, 0.25) is 0 Å². The fraction of sp³-hybridized carbons (Fsp3) is 0.636. The lowest BCUT2D eigenvalue weighted by molar-refractivity contribution is -0.125. The van der Waals surface area contributed by atoms with E-state index in [1.807, 2.05) is 0 Å². The van der Waals surface area contributed by atoms with E-state index in [1.54, 1.807) is 25.7 Å². The van der Waals surface area contributed by atoms with Crippen molar-refractivity contribution in [2.45, 2.75) is 37.4 Å². The first-order valence-electron chi connectivity index (χ1n) is 5.29. The molecule has 0 aromatic carbocycles. The van der Waals surface area contributed by atoms with Crippen molar-refractivity contribution < 1.29 is 9.84 Å². The van der Waals surface area contributed by atoms with Crippen LogP contribution in [0, 0.1) is 0 Å². The molecule has 0 aliphatic heterocycles. The normalized spacial score (nSPS) is 31.5. The molecular formula is C11H16N2O2. The Morgan fingerprint density at radius 2 is 2.33 bits per heavy atom. The monoisotopic (exact) mass is 208 g/mol. The minimum atomic E-state index is -0.957. The maximum absolute atomic E-state index is 10.6. The number of aliphatic hydroxyl groups is 1. The van der Waals surface area contributed by atoms with E-state index in [9.17, 15) is 5.11 Å². The van der Waals surface area contributed by atoms with Gasteiger partial charge in [-0.1, -0.05) is 6.42 Å². The van der Waals surface area contributed by atoms with Crippen LogP contribution in [0.3, 0.4) is 0 Å². The van der Waals surface area contributed by atoms with Crippen LogP contribution in [0.4, 0.5) is 0 Å². The molecular weight excluding hydrogens is 192 g/mol. The number of methoxy groups -OCH3 is 1. The predicted molar refractivity (Wildman–Crippen MR) is 55.2 cm³/mol. The molecule has 1 saturated carbocycles. The Balaban J connectivity index is 2.30. The highest BCUT2D eigenvalue weighted by molar-refractivity contribution is 5.12. The van der Waals surface area contributed by atoms with Crippen LogP contribution in [0.25, 0.3) is 0 Å². The van der Waals surface area contributed by atoms with E-state index < -0.39 is 5.60 Å². The molecule has 1 aromatic heterocycles. The fourth-order valence-corrected chi connectivity index (χ4v) is 2.25. The molecule has 1 N–H and O–H groups in total. The van der Waals surface area contributed by atoms with E-state index >= 15 is 0 Å². The van der Waals surface area contributed by atoms with Gasteiger partial charge in [0.15, 0.2) is 0 Å². The van der Waals surface area contributed by atoms with E-state index in [0.29, 0.717) is 12.1 Å². The second-order valence-electron chi connectivity index (χ2n) is 3.99. The zero-order valence-electron chi connectivity index (χ0n) is 8.89. The van der Waals surface area contributed by atoms with Crippen LogP contribution in [0.2, 0.25) is 0 Å². The third-order valence-electron chi connectivity index (χ3n) is 3.10. The highest BCUT2D eigenvalue weighted by Crippen LogP contribution is 2.37. The zero-order chi connectivity index (χ0) is 10.7. The van der Waals surface area contributed by atoms with Gasteiger partial charge in [-0.3, -0.25) is 9.97 Å². The van der Waals surface area contributed by atoms with Crippen molar-refractivity contribution in [1.82, 2.24) is 9.97 Å². The second-order valence-corrected chi connectivity index (χ2v) is 3.99. The summed E-state index contributed by atoms with van der Waals surface area (Å²) in [6.45, 7) is 0. The van der Waals surface area contributed by atoms with Gasteiger partial charge in [0.25, 0.3) is 0 Å². The number of rotatable bonds is 2. The second kappa shape index (κ2) is 4.24. The Labute approximate surface area is 89.3 Å². The smallest absolute Gasteiger partial charge is 0.134 e. The molecule has 82 valence electrons. The summed E-state index contributed by atoms with van der Waals surface area (Å²) in [4.78, 5) is 8.18. The van der Waals surface area contributed by atoms with Crippen molar-refractivity contribution in [1.29, 1.82) is 0 Å². The molecule has 0 spiro atoms. The molecule has 0 bridgehead atoms. The summed E-state index contributed by atoms with van der Waals surface area (Å²) in [5.41, 5.74) is -0.335. The van der Waals surface area contributed by atoms with Crippen molar-refractivity contribution in [2.24, 2.45) is 0 Å². The van der Waals surface area contributed by atoms with Gasteiger partial charge in [0, 0.05) is 19.5 Å². The summed E-state index contributed by atoms with van der Waals surface area (Å²) in [6.07, 6.45) is 8.36. The van der Waals surface area contributed by atoms with Crippen LogP contribution in [0.1, 0.15) is 31.4 Å². The first-order chi connectivity index (χ1) is 7.27. The topological polar surface area (TPSA) is 55.2 Å². The molecule has 1 heterocycles. The molecule has 1 fully saturated rings. The molecule has 2 atom stereocenters. The molecule has 1 aliphatic carbocycles. The SMILES string of the molecule is COC1CCCCC1(O)c1cnccn1. The van der Waals surface area contributed by atoms with Crippen molar-refractivity contribution in [3.8, 4) is 0 Å². The number of hydrogen-bond donors (Lipinski definition) is 1. The lowest BCUT2D eigenvalue weighted by atomic mass is 9.80. The van der Waals surface area contributed by atoms with Gasteiger partial charge in [-0.05, 0) is 19.3 Å². The van der Waals surface area contributed by atoms with Crippen LogP contribution in [0.15, 0.2) is 18.6 Å². The van der Waals surface area contributed by atoms with Crippen molar-refractivity contribution in [3.63, 3.8) is 0 Å². The van der Waals surface area contributed by atoms with Crippen LogP contribution in [0.5, 0.6) is 0 Å². The van der Waals surface area contributed by atoms with Gasteiger partial charge in [-0.25, -0.2) is 0 Å². The molecule has 0 radical (unpaired) electrons. The number of aromatic nitrogens is 2. The van der Waals surface area contributed by atoms with Gasteiger partial charge < -0.3 is 9.84 Å². The maximum atomic E-state index is 10.6. The van der Waals surface area contributed by atoms with E-state index in [-0.39, 0.29) is 6.10 Å². The quantitative estimate of drug-likeness (QED) is 0.794. The summed E-state index contributed by atoms with van der Waals surface area (Å²) in [5.74, 6) is 0. The summed E-state index contributed by atoms with van der Waals surface area (Å²) < 4.78 is 5.34. The molecule has 4 heteroatoms. The lowest BCUT2D eigenvalue weighted by Gasteiger charge is -2.38. The molecule has 15 heavy (non-hydrogen) atoms. The molecule has 0 saturated heterocycles. The minimum absolute atomic E-state index is 0.164. The highest BCUT2D eigenvalue weighted by Gasteiger charge is 2.42. The number of nitrogens with zero attached hydrogens (tertiary/aromatic N) is 2. The van der Waals surface area contributed by atoms with Crippen molar-refractivity contribution in [2.75, 3.05) is 7.11 Å². The summed E-state index contributed by atoms with van der Waals surface area (Å²) >= 11 is 0. The van der Waals surface area contributed by atoms with Crippen LogP contribution in [-0.4, -0.2) is 28.3 Å². The average molecular weight is 208 g/mol. The standard InChI is InChI=1S/C11H16N2O2/c1-15-10-4-2-3-5-11(10,14)9-8-12-6-7-13-9/h6-8,10,14H,2-5H2,1H3. The molecule has 1 aromatic rings. The molecule has 4 nitrogen and oxygen atoms in total. The number of hydrogen-bond acceptors (Lipinski definition) is 4. The summed E-state index contributed by atoms with van der Waals surface area (Å²) in [7, 11) is 1.64. The Morgan fingerprint density at radius 3 is 3.00 bits per heavy atom. The van der Waals surface area contributed by atoms with Gasteiger partial charge >= 0.3 is 0 Å². The first kappa shape index (κ1) is 10.5. The van der Waals surface area contributed by atoms with Gasteiger partial charge in [0.1, 0.15) is 5.60 Å². The van der Waals surface area contributed by atoms with Crippen LogP contribution in [-0.2, 0) is 10.3 Å². The van der Waals surface area contributed by atoms with Gasteiger partial charge in [-0.2, -0.15) is 0 Å². The van der Waals surface area contributed by atoms with Crippen molar-refractivity contribution in [3.05, 3.63) is 24.3 Å². The molecule has 2 unspecified atom stereocenters. The van der Waals surface area contributed by atoms with E-state index in [2.05, 4.69) is 9.97 Å². The lowest BCUT2D eigenvalue weighted by Crippen LogP contribution is -2.44. The Hall–Kier alpha value is -1.00. The Kier molecular flexibility index (Phi) is 2.98. The largest absolute Gasteiger partial charge is 0.381 e. The number of ether oxygens (including phenoxy) is 1. The molecule has 2 rings (SSSR count). The Bertz CT molecular complexity index is 318. The average Bonchev–Trinajstić information content (AvgIpc) is 2.31.